The van der Waals surface area contributed by atoms with Crippen molar-refractivity contribution < 1.29 is 18.0 Å². The summed E-state index contributed by atoms with van der Waals surface area (Å²) in [6, 6.07) is 0. The molecule has 1 aliphatic rings. The molecule has 0 unspecified atom stereocenters. The van der Waals surface area contributed by atoms with Gasteiger partial charge in [0, 0.05) is 17.6 Å². The van der Waals surface area contributed by atoms with E-state index in [1.807, 2.05) is 0 Å². The summed E-state index contributed by atoms with van der Waals surface area (Å²) in [5.41, 5.74) is 6.85. The molecule has 1 aliphatic carbocycles. The zero-order valence-electron chi connectivity index (χ0n) is 12.5. The van der Waals surface area contributed by atoms with Crippen LogP contribution in [0.3, 0.4) is 0 Å². The molecule has 1 aromatic rings. The van der Waals surface area contributed by atoms with E-state index in [2.05, 4.69) is 5.32 Å². The number of nitrogens with one attached hydrogen (secondary N) is 1. The number of aryl methyl sites for hydroxylation is 1. The first-order chi connectivity index (χ1) is 10.3. The maximum absolute atomic E-state index is 11.9. The third-order valence-electron chi connectivity index (χ3n) is 3.59. The van der Waals surface area contributed by atoms with E-state index in [0.29, 0.717) is 10.6 Å². The van der Waals surface area contributed by atoms with Gasteiger partial charge in [-0.3, -0.25) is 9.59 Å². The van der Waals surface area contributed by atoms with Crippen molar-refractivity contribution >= 4 is 38.0 Å². The lowest BCUT2D eigenvalue weighted by Crippen LogP contribution is -2.18. The molecule has 2 rings (SSSR count). The Morgan fingerprint density at radius 2 is 1.95 bits per heavy atom. The van der Waals surface area contributed by atoms with Crippen LogP contribution in [-0.2, 0) is 27.5 Å². The highest BCUT2D eigenvalue weighted by Crippen LogP contribution is 2.37. The number of amides is 2. The van der Waals surface area contributed by atoms with Crippen molar-refractivity contribution in [1.82, 2.24) is 0 Å². The van der Waals surface area contributed by atoms with E-state index >= 15 is 0 Å². The predicted molar refractivity (Wildman–Crippen MR) is 87.1 cm³/mol. The number of sulfone groups is 1. The van der Waals surface area contributed by atoms with Crippen molar-refractivity contribution in [2.45, 2.75) is 38.5 Å². The molecule has 6 nitrogen and oxygen atoms in total. The van der Waals surface area contributed by atoms with Crippen molar-refractivity contribution in [3.63, 3.8) is 0 Å². The Kier molecular flexibility index (Phi) is 5.23. The number of hydrogen-bond acceptors (Lipinski definition) is 5. The number of carbonyl (C=O) groups is 2. The summed E-state index contributed by atoms with van der Waals surface area (Å²) in [6.07, 6.45) is 5.33. The summed E-state index contributed by atoms with van der Waals surface area (Å²) >= 11 is 1.41. The van der Waals surface area contributed by atoms with Crippen LogP contribution >= 0.6 is 11.3 Å². The second-order valence-corrected chi connectivity index (χ2v) is 8.93. The van der Waals surface area contributed by atoms with E-state index in [1.165, 1.54) is 11.3 Å². The van der Waals surface area contributed by atoms with Crippen LogP contribution < -0.4 is 11.1 Å². The lowest BCUT2D eigenvalue weighted by molar-refractivity contribution is -0.116. The van der Waals surface area contributed by atoms with E-state index in [4.69, 9.17) is 5.73 Å². The van der Waals surface area contributed by atoms with Gasteiger partial charge in [0.15, 0.2) is 0 Å². The van der Waals surface area contributed by atoms with Crippen LogP contribution in [0.15, 0.2) is 0 Å². The molecule has 0 spiro atoms. The van der Waals surface area contributed by atoms with E-state index in [-0.39, 0.29) is 24.5 Å². The van der Waals surface area contributed by atoms with Gasteiger partial charge >= 0.3 is 0 Å². The third-order valence-corrected chi connectivity index (χ3v) is 5.83. The van der Waals surface area contributed by atoms with E-state index in [1.54, 1.807) is 0 Å². The minimum absolute atomic E-state index is 0.0238. The molecule has 3 N–H and O–H groups in total. The van der Waals surface area contributed by atoms with Gasteiger partial charge in [0.2, 0.25) is 5.91 Å². The van der Waals surface area contributed by atoms with Crippen molar-refractivity contribution in [3.8, 4) is 0 Å². The SMILES string of the molecule is CS(=O)(=O)CCCC(=O)Nc1sc2c(c1C(N)=O)CCCC2. The normalized spacial score (nSPS) is 14.4. The first-order valence-electron chi connectivity index (χ1n) is 7.20. The summed E-state index contributed by atoms with van der Waals surface area (Å²) < 4.78 is 22.1. The van der Waals surface area contributed by atoms with E-state index in [9.17, 15) is 18.0 Å². The summed E-state index contributed by atoms with van der Waals surface area (Å²) in [5, 5.41) is 3.22. The summed E-state index contributed by atoms with van der Waals surface area (Å²) in [7, 11) is -3.07. The molecule has 0 bridgehead atoms. The fourth-order valence-corrected chi connectivity index (χ4v) is 4.58. The second-order valence-electron chi connectivity index (χ2n) is 5.56. The minimum Gasteiger partial charge on any atom is -0.365 e. The van der Waals surface area contributed by atoms with Gasteiger partial charge in [0.05, 0.1) is 11.3 Å². The van der Waals surface area contributed by atoms with Gasteiger partial charge in [0.1, 0.15) is 14.8 Å². The molecule has 0 saturated carbocycles. The highest BCUT2D eigenvalue weighted by Gasteiger charge is 2.24. The van der Waals surface area contributed by atoms with Gasteiger partial charge in [-0.1, -0.05) is 0 Å². The number of primary amides is 1. The molecule has 2 amide bonds. The molecular weight excluding hydrogens is 324 g/mol. The number of anilines is 1. The average molecular weight is 344 g/mol. The molecule has 8 heteroatoms. The van der Waals surface area contributed by atoms with Crippen LogP contribution in [0, 0.1) is 0 Å². The summed E-state index contributed by atoms with van der Waals surface area (Å²) in [4.78, 5) is 24.7. The predicted octanol–water partition coefficient (Wildman–Crippen LogP) is 1.49. The Labute approximate surface area is 134 Å². The molecule has 0 fully saturated rings. The second kappa shape index (κ2) is 6.78. The number of carbonyl (C=O) groups excluding carboxylic acids is 2. The number of thiophene rings is 1. The molecule has 0 atom stereocenters. The van der Waals surface area contributed by atoms with Gasteiger partial charge in [-0.15, -0.1) is 11.3 Å². The number of rotatable bonds is 6. The zero-order chi connectivity index (χ0) is 16.3. The molecule has 1 heterocycles. The van der Waals surface area contributed by atoms with Crippen molar-refractivity contribution in [2.75, 3.05) is 17.3 Å². The van der Waals surface area contributed by atoms with E-state index in [0.717, 1.165) is 42.4 Å². The molecule has 0 aromatic carbocycles. The molecular formula is C14H20N2O4S2. The summed E-state index contributed by atoms with van der Waals surface area (Å²) in [6.45, 7) is 0. The van der Waals surface area contributed by atoms with Crippen molar-refractivity contribution in [1.29, 1.82) is 0 Å². The molecule has 122 valence electrons. The maximum Gasteiger partial charge on any atom is 0.251 e. The van der Waals surface area contributed by atoms with Gasteiger partial charge in [0.25, 0.3) is 5.91 Å². The van der Waals surface area contributed by atoms with Crippen LogP contribution in [0.25, 0.3) is 0 Å². The smallest absolute Gasteiger partial charge is 0.251 e. The lowest BCUT2D eigenvalue weighted by Gasteiger charge is -2.11. The minimum atomic E-state index is -3.07. The van der Waals surface area contributed by atoms with Crippen LogP contribution in [-0.4, -0.2) is 32.2 Å². The first-order valence-corrected chi connectivity index (χ1v) is 10.1. The van der Waals surface area contributed by atoms with Gasteiger partial charge in [-0.05, 0) is 37.7 Å². The highest BCUT2D eigenvalue weighted by molar-refractivity contribution is 7.90. The van der Waals surface area contributed by atoms with Gasteiger partial charge < -0.3 is 11.1 Å². The fraction of sp³-hybridized carbons (Fsp3) is 0.571. The highest BCUT2D eigenvalue weighted by atomic mass is 32.2. The largest absolute Gasteiger partial charge is 0.365 e. The number of hydrogen-bond donors (Lipinski definition) is 2. The zero-order valence-corrected chi connectivity index (χ0v) is 14.1. The molecule has 0 aliphatic heterocycles. The quantitative estimate of drug-likeness (QED) is 0.815. The summed E-state index contributed by atoms with van der Waals surface area (Å²) in [5.74, 6) is -0.833. The first kappa shape index (κ1) is 17.0. The topological polar surface area (TPSA) is 106 Å². The molecule has 22 heavy (non-hydrogen) atoms. The fourth-order valence-electron chi connectivity index (χ4n) is 2.60. The van der Waals surface area contributed by atoms with Gasteiger partial charge in [-0.2, -0.15) is 0 Å². The molecule has 0 saturated heterocycles. The van der Waals surface area contributed by atoms with Gasteiger partial charge in [-0.25, -0.2) is 8.42 Å². The van der Waals surface area contributed by atoms with Crippen molar-refractivity contribution in [3.05, 3.63) is 16.0 Å². The third kappa shape index (κ3) is 4.30. The standard InChI is InChI=1S/C14H20N2O4S2/c1-22(19,20)8-4-7-11(17)16-14-12(13(15)18)9-5-2-3-6-10(9)21-14/h2-8H2,1H3,(H2,15,18)(H,16,17). The Morgan fingerprint density at radius 1 is 1.27 bits per heavy atom. The van der Waals surface area contributed by atoms with E-state index < -0.39 is 15.7 Å². The van der Waals surface area contributed by atoms with Crippen LogP contribution in [0.4, 0.5) is 5.00 Å². The van der Waals surface area contributed by atoms with Crippen LogP contribution in [0.5, 0.6) is 0 Å². The van der Waals surface area contributed by atoms with Crippen molar-refractivity contribution in [2.24, 2.45) is 5.73 Å². The molecule has 1 aromatic heterocycles. The monoisotopic (exact) mass is 344 g/mol. The number of fused-ring (bicyclic) bond motifs is 1. The maximum atomic E-state index is 11.9. The Balaban J connectivity index is 2.07. The van der Waals surface area contributed by atoms with Crippen LogP contribution in [0.1, 0.15) is 46.5 Å². The Morgan fingerprint density at radius 3 is 2.59 bits per heavy atom. The Bertz CT molecular complexity index is 692. The lowest BCUT2D eigenvalue weighted by atomic mass is 9.95. The Hall–Kier alpha value is -1.41. The van der Waals surface area contributed by atoms with Crippen LogP contribution in [0.2, 0.25) is 0 Å². The number of nitrogens with two attached hydrogens (primary N) is 1. The average Bonchev–Trinajstić information content (AvgIpc) is 2.74. The molecule has 0 radical (unpaired) electrons.